The average molecular weight is 278 g/mol. The van der Waals surface area contributed by atoms with Crippen LogP contribution in [0.25, 0.3) is 0 Å². The van der Waals surface area contributed by atoms with Crippen LogP contribution in [0.3, 0.4) is 0 Å². The Morgan fingerprint density at radius 3 is 2.95 bits per heavy atom. The fourth-order valence-corrected chi connectivity index (χ4v) is 2.29. The van der Waals surface area contributed by atoms with Gasteiger partial charge in [-0.1, -0.05) is 6.92 Å². The second-order valence-corrected chi connectivity index (χ2v) is 5.40. The highest BCUT2D eigenvalue weighted by atomic mass is 16.2. The molecule has 2 unspecified atom stereocenters. The van der Waals surface area contributed by atoms with Crippen molar-refractivity contribution < 1.29 is 9.59 Å². The van der Waals surface area contributed by atoms with Gasteiger partial charge in [0.15, 0.2) is 0 Å². The van der Waals surface area contributed by atoms with Gasteiger partial charge in [0.05, 0.1) is 18.8 Å². The van der Waals surface area contributed by atoms with Crippen LogP contribution >= 0.6 is 0 Å². The van der Waals surface area contributed by atoms with Crippen LogP contribution in [-0.4, -0.2) is 39.1 Å². The van der Waals surface area contributed by atoms with Crippen LogP contribution in [0.4, 0.5) is 0 Å². The Bertz CT molecular complexity index is 497. The van der Waals surface area contributed by atoms with Crippen LogP contribution in [0.1, 0.15) is 45.3 Å². The molecule has 2 rings (SSSR count). The second-order valence-electron chi connectivity index (χ2n) is 5.40. The molecule has 1 N–H and O–H groups in total. The van der Waals surface area contributed by atoms with Gasteiger partial charge in [0, 0.05) is 24.7 Å². The number of hydrogen-bond acceptors (Lipinski definition) is 3. The van der Waals surface area contributed by atoms with Gasteiger partial charge in [-0.3, -0.25) is 14.3 Å². The van der Waals surface area contributed by atoms with Gasteiger partial charge in [0.2, 0.25) is 11.8 Å². The Morgan fingerprint density at radius 1 is 1.50 bits per heavy atom. The highest BCUT2D eigenvalue weighted by Gasteiger charge is 2.27. The zero-order chi connectivity index (χ0) is 14.7. The van der Waals surface area contributed by atoms with Gasteiger partial charge in [-0.25, -0.2) is 0 Å². The van der Waals surface area contributed by atoms with Gasteiger partial charge in [-0.2, -0.15) is 5.10 Å². The van der Waals surface area contributed by atoms with Crippen LogP contribution in [-0.2, 0) is 16.1 Å². The number of hydrogen-bond donors (Lipinski definition) is 1. The van der Waals surface area contributed by atoms with E-state index in [2.05, 4.69) is 24.3 Å². The van der Waals surface area contributed by atoms with Crippen LogP contribution < -0.4 is 5.32 Å². The number of nitrogens with zero attached hydrogens (tertiary/aromatic N) is 3. The van der Waals surface area contributed by atoms with Gasteiger partial charge in [-0.05, 0) is 26.3 Å². The molecule has 0 radical (unpaired) electrons. The van der Waals surface area contributed by atoms with E-state index in [0.29, 0.717) is 19.0 Å². The van der Waals surface area contributed by atoms with Crippen molar-refractivity contribution in [1.29, 1.82) is 0 Å². The van der Waals surface area contributed by atoms with E-state index in [0.717, 1.165) is 12.1 Å². The number of carbonyl (C=O) groups excluding carboxylic acids is 2. The van der Waals surface area contributed by atoms with Gasteiger partial charge in [0.1, 0.15) is 0 Å². The van der Waals surface area contributed by atoms with Gasteiger partial charge in [-0.15, -0.1) is 0 Å². The van der Waals surface area contributed by atoms with Gasteiger partial charge >= 0.3 is 0 Å². The molecule has 1 aliphatic rings. The van der Waals surface area contributed by atoms with Crippen molar-refractivity contribution in [2.45, 2.75) is 52.2 Å². The molecule has 1 aromatic rings. The molecule has 2 atom stereocenters. The average Bonchev–Trinajstić information content (AvgIpc) is 2.85. The predicted molar refractivity (Wildman–Crippen MR) is 74.9 cm³/mol. The van der Waals surface area contributed by atoms with Crippen LogP contribution in [0.5, 0.6) is 0 Å². The largest absolute Gasteiger partial charge is 0.347 e. The van der Waals surface area contributed by atoms with E-state index in [1.54, 1.807) is 4.90 Å². The molecule has 2 amide bonds. The fraction of sp³-hybridized carbons (Fsp3) is 0.643. The molecular formula is C14H22N4O2. The zero-order valence-electron chi connectivity index (χ0n) is 12.3. The Hall–Kier alpha value is -1.85. The van der Waals surface area contributed by atoms with E-state index >= 15 is 0 Å². The first-order valence-corrected chi connectivity index (χ1v) is 7.11. The van der Waals surface area contributed by atoms with Crippen molar-refractivity contribution >= 4 is 11.8 Å². The summed E-state index contributed by atoms with van der Waals surface area (Å²) in [5, 5.41) is 7.13. The fourth-order valence-electron chi connectivity index (χ4n) is 2.29. The SMILES string of the molecule is CCC(C)n1ccc(CN2C(=O)CNC(=O)CC2C)n1. The van der Waals surface area contributed by atoms with Crippen molar-refractivity contribution in [3.05, 3.63) is 18.0 Å². The first-order valence-electron chi connectivity index (χ1n) is 7.11. The molecule has 0 aliphatic carbocycles. The molecule has 6 heteroatoms. The van der Waals surface area contributed by atoms with Crippen molar-refractivity contribution in [1.82, 2.24) is 20.0 Å². The Morgan fingerprint density at radius 2 is 2.25 bits per heavy atom. The molecule has 6 nitrogen and oxygen atoms in total. The molecule has 1 aromatic heterocycles. The molecule has 0 spiro atoms. The van der Waals surface area contributed by atoms with E-state index in [4.69, 9.17) is 0 Å². The summed E-state index contributed by atoms with van der Waals surface area (Å²) >= 11 is 0. The van der Waals surface area contributed by atoms with Crippen molar-refractivity contribution in [3.8, 4) is 0 Å². The second kappa shape index (κ2) is 6.07. The van der Waals surface area contributed by atoms with Crippen LogP contribution in [0.15, 0.2) is 12.3 Å². The van der Waals surface area contributed by atoms with E-state index in [9.17, 15) is 9.59 Å². The minimum atomic E-state index is -0.0984. The summed E-state index contributed by atoms with van der Waals surface area (Å²) < 4.78 is 1.92. The Balaban J connectivity index is 2.09. The first-order chi connectivity index (χ1) is 9.51. The van der Waals surface area contributed by atoms with E-state index in [1.165, 1.54) is 0 Å². The summed E-state index contributed by atoms with van der Waals surface area (Å²) in [6, 6.07) is 2.19. The van der Waals surface area contributed by atoms with Crippen molar-refractivity contribution in [2.75, 3.05) is 6.54 Å². The topological polar surface area (TPSA) is 67.2 Å². The third-order valence-electron chi connectivity index (χ3n) is 3.81. The van der Waals surface area contributed by atoms with Gasteiger partial charge < -0.3 is 10.2 Å². The van der Waals surface area contributed by atoms with Crippen molar-refractivity contribution in [3.63, 3.8) is 0 Å². The highest BCUT2D eigenvalue weighted by Crippen LogP contribution is 2.14. The lowest BCUT2D eigenvalue weighted by atomic mass is 10.2. The third kappa shape index (κ3) is 3.18. The molecule has 1 aliphatic heterocycles. The zero-order valence-corrected chi connectivity index (χ0v) is 12.3. The molecule has 20 heavy (non-hydrogen) atoms. The highest BCUT2D eigenvalue weighted by molar-refractivity contribution is 5.87. The maximum atomic E-state index is 12.0. The minimum absolute atomic E-state index is 0.0542. The smallest absolute Gasteiger partial charge is 0.242 e. The number of amides is 2. The lowest BCUT2D eigenvalue weighted by Crippen LogP contribution is -2.39. The third-order valence-corrected chi connectivity index (χ3v) is 3.81. The first kappa shape index (κ1) is 14.6. The predicted octanol–water partition coefficient (Wildman–Crippen LogP) is 1.09. The maximum absolute atomic E-state index is 12.0. The van der Waals surface area contributed by atoms with Crippen LogP contribution in [0.2, 0.25) is 0 Å². The monoisotopic (exact) mass is 278 g/mol. The number of aromatic nitrogens is 2. The molecule has 1 saturated heterocycles. The summed E-state index contributed by atoms with van der Waals surface area (Å²) in [4.78, 5) is 25.2. The maximum Gasteiger partial charge on any atom is 0.242 e. The summed E-state index contributed by atoms with van der Waals surface area (Å²) in [6.07, 6.45) is 3.30. The Labute approximate surface area is 119 Å². The number of carbonyl (C=O) groups is 2. The Kier molecular flexibility index (Phi) is 4.42. The molecular weight excluding hydrogens is 256 g/mol. The number of nitrogens with one attached hydrogen (secondary N) is 1. The summed E-state index contributed by atoms with van der Waals surface area (Å²) in [5.74, 6) is -0.125. The summed E-state index contributed by atoms with van der Waals surface area (Å²) in [7, 11) is 0. The summed E-state index contributed by atoms with van der Waals surface area (Å²) in [5.41, 5.74) is 0.861. The van der Waals surface area contributed by atoms with Crippen molar-refractivity contribution in [2.24, 2.45) is 0 Å². The van der Waals surface area contributed by atoms with E-state index in [1.807, 2.05) is 23.9 Å². The van der Waals surface area contributed by atoms with Crippen LogP contribution in [0, 0.1) is 0 Å². The number of rotatable bonds is 4. The van der Waals surface area contributed by atoms with E-state index in [-0.39, 0.29) is 24.4 Å². The molecule has 110 valence electrons. The molecule has 1 fully saturated rings. The quantitative estimate of drug-likeness (QED) is 0.896. The lowest BCUT2D eigenvalue weighted by molar-refractivity contribution is -0.132. The summed E-state index contributed by atoms with van der Waals surface area (Å²) in [6.45, 7) is 6.66. The normalized spacial score (nSPS) is 21.6. The molecule has 0 saturated carbocycles. The minimum Gasteiger partial charge on any atom is -0.347 e. The lowest BCUT2D eigenvalue weighted by Gasteiger charge is -2.25. The van der Waals surface area contributed by atoms with Gasteiger partial charge in [0.25, 0.3) is 0 Å². The molecule has 2 heterocycles. The molecule has 0 aromatic carbocycles. The standard InChI is InChI=1S/C14H22N4O2/c1-4-10(2)18-6-5-12(16-18)9-17-11(3)7-13(19)15-8-14(17)20/h5-6,10-11H,4,7-9H2,1-3H3,(H,15,19). The molecule has 0 bridgehead atoms. The van der Waals surface area contributed by atoms with E-state index < -0.39 is 0 Å².